The van der Waals surface area contributed by atoms with Crippen molar-refractivity contribution in [3.05, 3.63) is 29.8 Å². The van der Waals surface area contributed by atoms with Gasteiger partial charge in [0.05, 0.1) is 19.1 Å². The second kappa shape index (κ2) is 15.3. The molecule has 0 aliphatic heterocycles. The van der Waals surface area contributed by atoms with Gasteiger partial charge in [0.2, 0.25) is 17.7 Å². The van der Waals surface area contributed by atoms with Crippen molar-refractivity contribution in [2.24, 2.45) is 11.5 Å². The quantitative estimate of drug-likeness (QED) is 0.104. The Labute approximate surface area is 207 Å². The van der Waals surface area contributed by atoms with Crippen molar-refractivity contribution in [1.82, 2.24) is 16.0 Å². The van der Waals surface area contributed by atoms with E-state index in [1.165, 1.54) is 12.1 Å². The lowest BCUT2D eigenvalue weighted by atomic mass is 10.0. The summed E-state index contributed by atoms with van der Waals surface area (Å²) < 4.78 is 0. The fourth-order valence-corrected chi connectivity index (χ4v) is 3.13. The van der Waals surface area contributed by atoms with Crippen molar-refractivity contribution in [2.45, 2.75) is 56.3 Å². The van der Waals surface area contributed by atoms with Crippen LogP contribution in [-0.2, 0) is 30.4 Å². The number of aliphatic hydroxyl groups is 1. The fraction of sp³-hybridized carbons (Fsp3) is 0.500. The SMILES string of the molecule is NCCCCC(NC(=O)C(CO)NC(=O)C(N)Cc1ccc(O)cc1)C(=O)NC(CC(=O)O)C(=O)O. The van der Waals surface area contributed by atoms with Gasteiger partial charge >= 0.3 is 11.9 Å². The molecule has 0 fully saturated rings. The Hall–Kier alpha value is -3.75. The largest absolute Gasteiger partial charge is 0.508 e. The number of hydrogen-bond acceptors (Lipinski definition) is 9. The molecule has 0 saturated carbocycles. The number of carboxylic acids is 2. The van der Waals surface area contributed by atoms with Crippen LogP contribution in [0.1, 0.15) is 31.2 Å². The molecule has 3 amide bonds. The van der Waals surface area contributed by atoms with Crippen LogP contribution in [0.5, 0.6) is 5.75 Å². The number of carbonyl (C=O) groups excluding carboxylic acids is 3. The summed E-state index contributed by atoms with van der Waals surface area (Å²) in [5.74, 6) is -5.61. The molecule has 200 valence electrons. The maximum atomic E-state index is 12.7. The minimum absolute atomic E-state index is 0.0384. The highest BCUT2D eigenvalue weighted by Gasteiger charge is 2.30. The lowest BCUT2D eigenvalue weighted by Gasteiger charge is -2.24. The highest BCUT2D eigenvalue weighted by Crippen LogP contribution is 2.11. The molecule has 36 heavy (non-hydrogen) atoms. The third-order valence-electron chi connectivity index (χ3n) is 5.12. The van der Waals surface area contributed by atoms with Crippen molar-refractivity contribution in [1.29, 1.82) is 0 Å². The highest BCUT2D eigenvalue weighted by atomic mass is 16.4. The van der Waals surface area contributed by atoms with Gasteiger partial charge in [-0.15, -0.1) is 0 Å². The molecule has 0 bridgehead atoms. The molecule has 0 heterocycles. The summed E-state index contributed by atoms with van der Waals surface area (Å²) in [6, 6.07) is 0.410. The maximum Gasteiger partial charge on any atom is 0.326 e. The Morgan fingerprint density at radius 1 is 0.833 bits per heavy atom. The van der Waals surface area contributed by atoms with Crippen molar-refractivity contribution >= 4 is 29.7 Å². The van der Waals surface area contributed by atoms with Crippen LogP contribution in [0, 0.1) is 0 Å². The number of carbonyl (C=O) groups is 5. The number of unbranched alkanes of at least 4 members (excludes halogenated alkanes) is 1. The fourth-order valence-electron chi connectivity index (χ4n) is 3.13. The number of aromatic hydroxyl groups is 1. The molecule has 0 saturated heterocycles. The van der Waals surface area contributed by atoms with Crippen LogP contribution in [0.4, 0.5) is 0 Å². The first-order chi connectivity index (χ1) is 17.0. The number of carboxylic acid groups (broad SMARTS) is 2. The van der Waals surface area contributed by atoms with Gasteiger partial charge in [-0.2, -0.15) is 0 Å². The number of benzene rings is 1. The van der Waals surface area contributed by atoms with Crippen LogP contribution in [0.25, 0.3) is 0 Å². The van der Waals surface area contributed by atoms with E-state index in [0.29, 0.717) is 24.9 Å². The van der Waals surface area contributed by atoms with E-state index in [1.807, 2.05) is 0 Å². The lowest BCUT2D eigenvalue weighted by molar-refractivity contribution is -0.147. The van der Waals surface area contributed by atoms with Crippen LogP contribution >= 0.6 is 0 Å². The number of aliphatic hydroxyl groups excluding tert-OH is 1. The maximum absolute atomic E-state index is 12.7. The molecule has 4 unspecified atom stereocenters. The standard InChI is InChI=1S/C22H33N5O9/c23-8-2-1-3-15(20(33)26-16(22(35)36)10-18(30)31)25-21(34)17(11-28)27-19(32)14(24)9-12-4-6-13(29)7-5-12/h4-7,14-17,28-29H,1-3,8-11,23-24H2,(H,25,34)(H,26,33)(H,27,32)(H,30,31)(H,35,36). The van der Waals surface area contributed by atoms with Crippen LogP contribution in [-0.4, -0.2) is 87.4 Å². The Morgan fingerprint density at radius 3 is 1.92 bits per heavy atom. The summed E-state index contributed by atoms with van der Waals surface area (Å²) in [6.45, 7) is -0.523. The second-order valence-electron chi connectivity index (χ2n) is 8.06. The summed E-state index contributed by atoms with van der Waals surface area (Å²) in [5, 5.41) is 43.7. The molecule has 4 atom stereocenters. The zero-order valence-corrected chi connectivity index (χ0v) is 19.6. The molecular formula is C22H33N5O9. The van der Waals surface area contributed by atoms with Gasteiger partial charge in [-0.3, -0.25) is 19.2 Å². The van der Waals surface area contributed by atoms with E-state index >= 15 is 0 Å². The Bertz CT molecular complexity index is 910. The normalized spacial score (nSPS) is 14.1. The smallest absolute Gasteiger partial charge is 0.326 e. The summed E-state index contributed by atoms with van der Waals surface area (Å²) in [4.78, 5) is 60.0. The van der Waals surface area contributed by atoms with Gasteiger partial charge in [-0.25, -0.2) is 4.79 Å². The van der Waals surface area contributed by atoms with Gasteiger partial charge in [0.15, 0.2) is 0 Å². The van der Waals surface area contributed by atoms with E-state index < -0.39 is 66.9 Å². The third kappa shape index (κ3) is 10.7. The van der Waals surface area contributed by atoms with Crippen LogP contribution in [0.2, 0.25) is 0 Å². The van der Waals surface area contributed by atoms with E-state index in [9.17, 15) is 34.2 Å². The predicted molar refractivity (Wildman–Crippen MR) is 125 cm³/mol. The van der Waals surface area contributed by atoms with Gasteiger partial charge in [0.25, 0.3) is 0 Å². The first kappa shape index (κ1) is 30.3. The van der Waals surface area contributed by atoms with Crippen molar-refractivity contribution in [2.75, 3.05) is 13.2 Å². The average molecular weight is 512 g/mol. The summed E-state index contributed by atoms with van der Waals surface area (Å²) >= 11 is 0. The van der Waals surface area contributed by atoms with E-state index in [0.717, 1.165) is 0 Å². The molecule has 0 spiro atoms. The number of aliphatic carboxylic acids is 2. The minimum atomic E-state index is -1.73. The molecule has 14 nitrogen and oxygen atoms in total. The van der Waals surface area contributed by atoms with Gasteiger partial charge in [0, 0.05) is 0 Å². The molecule has 0 aliphatic rings. The van der Waals surface area contributed by atoms with E-state index in [1.54, 1.807) is 12.1 Å². The van der Waals surface area contributed by atoms with Gasteiger partial charge in [-0.1, -0.05) is 12.1 Å². The van der Waals surface area contributed by atoms with E-state index in [2.05, 4.69) is 16.0 Å². The average Bonchev–Trinajstić information content (AvgIpc) is 2.82. The van der Waals surface area contributed by atoms with Crippen LogP contribution in [0.15, 0.2) is 24.3 Å². The first-order valence-electron chi connectivity index (χ1n) is 11.2. The molecule has 0 aromatic heterocycles. The summed E-state index contributed by atoms with van der Waals surface area (Å²) in [6.07, 6.45) is 0.109. The van der Waals surface area contributed by atoms with Gasteiger partial charge < -0.3 is 47.8 Å². The number of hydrogen-bond donors (Lipinski definition) is 9. The minimum Gasteiger partial charge on any atom is -0.508 e. The molecule has 1 rings (SSSR count). The van der Waals surface area contributed by atoms with Crippen molar-refractivity contribution < 1.29 is 44.4 Å². The highest BCUT2D eigenvalue weighted by molar-refractivity contribution is 5.94. The number of nitrogens with one attached hydrogen (secondary N) is 3. The molecule has 0 radical (unpaired) electrons. The number of phenolic OH excluding ortho intramolecular Hbond substituents is 1. The number of amides is 3. The molecular weight excluding hydrogens is 478 g/mol. The third-order valence-corrected chi connectivity index (χ3v) is 5.12. The molecule has 11 N–H and O–H groups in total. The number of phenols is 1. The Balaban J connectivity index is 2.85. The van der Waals surface area contributed by atoms with Gasteiger partial charge in [0.1, 0.15) is 23.9 Å². The summed E-state index contributed by atoms with van der Waals surface area (Å²) in [5.41, 5.74) is 12.0. The molecule has 1 aromatic carbocycles. The first-order valence-corrected chi connectivity index (χ1v) is 11.2. The van der Waals surface area contributed by atoms with Gasteiger partial charge in [-0.05, 0) is 49.9 Å². The molecule has 14 heteroatoms. The zero-order valence-electron chi connectivity index (χ0n) is 19.6. The second-order valence-corrected chi connectivity index (χ2v) is 8.06. The molecule has 0 aliphatic carbocycles. The zero-order chi connectivity index (χ0) is 27.3. The van der Waals surface area contributed by atoms with Crippen LogP contribution in [0.3, 0.4) is 0 Å². The molecule has 1 aromatic rings. The Kier molecular flexibility index (Phi) is 12.9. The number of rotatable bonds is 16. The monoisotopic (exact) mass is 511 g/mol. The predicted octanol–water partition coefficient (Wildman–Crippen LogP) is -2.60. The van der Waals surface area contributed by atoms with Crippen molar-refractivity contribution in [3.8, 4) is 5.75 Å². The summed E-state index contributed by atoms with van der Waals surface area (Å²) in [7, 11) is 0. The lowest BCUT2D eigenvalue weighted by Crippen LogP contribution is -2.58. The van der Waals surface area contributed by atoms with E-state index in [-0.39, 0.29) is 18.6 Å². The van der Waals surface area contributed by atoms with E-state index in [4.69, 9.17) is 21.7 Å². The topological polar surface area (TPSA) is 254 Å². The van der Waals surface area contributed by atoms with Crippen molar-refractivity contribution in [3.63, 3.8) is 0 Å². The van der Waals surface area contributed by atoms with Crippen LogP contribution < -0.4 is 27.4 Å². The Morgan fingerprint density at radius 2 is 1.39 bits per heavy atom. The number of nitrogens with two attached hydrogens (primary N) is 2.